The van der Waals surface area contributed by atoms with Crippen molar-refractivity contribution in [3.8, 4) is 0 Å². The number of methoxy groups -OCH3 is 1. The summed E-state index contributed by atoms with van der Waals surface area (Å²) in [5.41, 5.74) is 17.0. The van der Waals surface area contributed by atoms with Crippen LogP contribution in [0.2, 0.25) is 0 Å². The first-order valence-electron chi connectivity index (χ1n) is 9.34. The van der Waals surface area contributed by atoms with E-state index in [2.05, 4.69) is 57.3 Å². The van der Waals surface area contributed by atoms with Crippen LogP contribution in [0.5, 0.6) is 0 Å². The molecule has 0 bridgehead atoms. The molecule has 0 spiro atoms. The molecule has 5 N–H and O–H groups in total. The molecule has 0 fully saturated rings. The van der Waals surface area contributed by atoms with E-state index in [9.17, 15) is 0 Å². The van der Waals surface area contributed by atoms with Crippen LogP contribution in [0.3, 0.4) is 0 Å². The van der Waals surface area contributed by atoms with E-state index in [0.29, 0.717) is 18.2 Å². The fraction of sp³-hybridized carbons (Fsp3) is 0.455. The average Bonchev–Trinajstić information content (AvgIpc) is 2.79. The lowest BCUT2D eigenvalue weighted by Crippen LogP contribution is -2.21. The fourth-order valence-electron chi connectivity index (χ4n) is 2.48. The molecule has 26 heavy (non-hydrogen) atoms. The molecular formula is C22H35N3O. The normalized spacial score (nSPS) is 16.7. The Bertz CT molecular complexity index is 627. The van der Waals surface area contributed by atoms with Gasteiger partial charge in [0.25, 0.3) is 0 Å². The smallest absolute Gasteiger partial charge is 0.0963 e. The van der Waals surface area contributed by atoms with Gasteiger partial charge >= 0.3 is 0 Å². The molecule has 4 heteroatoms. The van der Waals surface area contributed by atoms with E-state index in [1.54, 1.807) is 7.11 Å². The molecule has 0 aromatic heterocycles. The largest absolute Gasteiger partial charge is 0.397 e. The Morgan fingerprint density at radius 1 is 1.15 bits per heavy atom. The molecule has 1 aromatic carbocycles. The van der Waals surface area contributed by atoms with Gasteiger partial charge in [-0.2, -0.15) is 0 Å². The molecule has 0 saturated heterocycles. The first-order valence-corrected chi connectivity index (χ1v) is 9.34. The summed E-state index contributed by atoms with van der Waals surface area (Å²) in [4.78, 5) is 0. The van der Waals surface area contributed by atoms with Gasteiger partial charge in [-0.25, -0.2) is 0 Å². The molecule has 0 amide bonds. The lowest BCUT2D eigenvalue weighted by molar-refractivity contribution is 0.176. The van der Waals surface area contributed by atoms with Crippen LogP contribution in [0.25, 0.3) is 0 Å². The van der Waals surface area contributed by atoms with E-state index < -0.39 is 0 Å². The van der Waals surface area contributed by atoms with Crippen molar-refractivity contribution in [3.05, 3.63) is 70.6 Å². The van der Waals surface area contributed by atoms with E-state index in [0.717, 1.165) is 24.2 Å². The van der Waals surface area contributed by atoms with E-state index in [4.69, 9.17) is 16.2 Å². The number of rotatable bonds is 6. The van der Waals surface area contributed by atoms with Gasteiger partial charge in [-0.05, 0) is 48.6 Å². The van der Waals surface area contributed by atoms with Crippen molar-refractivity contribution in [2.24, 2.45) is 11.5 Å². The van der Waals surface area contributed by atoms with Crippen LogP contribution in [0.4, 0.5) is 0 Å². The Hall–Kier alpha value is -2.04. The summed E-state index contributed by atoms with van der Waals surface area (Å²) in [5.74, 6) is 0.653. The second-order valence-electron chi connectivity index (χ2n) is 6.82. The van der Waals surface area contributed by atoms with Crippen molar-refractivity contribution >= 4 is 0 Å². The predicted molar refractivity (Wildman–Crippen MR) is 112 cm³/mol. The number of hydrogen-bond acceptors (Lipinski definition) is 4. The summed E-state index contributed by atoms with van der Waals surface area (Å²) >= 11 is 0. The van der Waals surface area contributed by atoms with Crippen LogP contribution in [0.15, 0.2) is 59.5 Å². The number of ether oxygens (including phenoxy) is 1. The first kappa shape index (κ1) is 22.0. The second-order valence-corrected chi connectivity index (χ2v) is 6.82. The highest BCUT2D eigenvalue weighted by Gasteiger charge is 2.11. The zero-order valence-corrected chi connectivity index (χ0v) is 16.9. The zero-order chi connectivity index (χ0) is 19.5. The van der Waals surface area contributed by atoms with Crippen molar-refractivity contribution in [3.63, 3.8) is 0 Å². The third-order valence-electron chi connectivity index (χ3n) is 4.18. The van der Waals surface area contributed by atoms with Crippen molar-refractivity contribution in [1.82, 2.24) is 5.32 Å². The van der Waals surface area contributed by atoms with Gasteiger partial charge in [-0.3, -0.25) is 0 Å². The summed E-state index contributed by atoms with van der Waals surface area (Å²) in [6, 6.07) is 8.71. The Labute approximate surface area is 159 Å². The average molecular weight is 358 g/mol. The molecule has 1 aliphatic rings. The molecular weight excluding hydrogens is 322 g/mol. The van der Waals surface area contributed by atoms with Crippen molar-refractivity contribution in [2.75, 3.05) is 20.2 Å². The third kappa shape index (κ3) is 7.46. The van der Waals surface area contributed by atoms with Gasteiger partial charge in [-0.1, -0.05) is 50.6 Å². The highest BCUT2D eigenvalue weighted by atomic mass is 16.5. The minimum atomic E-state index is -0.0739. The molecule has 0 aliphatic heterocycles. The highest BCUT2D eigenvalue weighted by molar-refractivity contribution is 5.40. The number of aryl methyl sites for hydroxylation is 1. The Morgan fingerprint density at radius 2 is 1.81 bits per heavy atom. The van der Waals surface area contributed by atoms with Gasteiger partial charge in [0.2, 0.25) is 0 Å². The van der Waals surface area contributed by atoms with Crippen LogP contribution in [0, 0.1) is 6.92 Å². The Balaban J connectivity index is 0.000000289. The number of nitrogens with two attached hydrogens (primary N) is 2. The van der Waals surface area contributed by atoms with E-state index in [1.165, 1.54) is 11.1 Å². The molecule has 1 atom stereocenters. The number of benzene rings is 1. The van der Waals surface area contributed by atoms with E-state index >= 15 is 0 Å². The maximum absolute atomic E-state index is 5.98. The lowest BCUT2D eigenvalue weighted by atomic mass is 10.0. The number of hydrogen-bond donors (Lipinski definition) is 3. The molecule has 0 saturated carbocycles. The van der Waals surface area contributed by atoms with Crippen LogP contribution in [-0.4, -0.2) is 26.3 Å². The van der Waals surface area contributed by atoms with Crippen LogP contribution >= 0.6 is 0 Å². The molecule has 0 radical (unpaired) electrons. The minimum absolute atomic E-state index is 0.0739. The fourth-order valence-corrected chi connectivity index (χ4v) is 2.48. The molecule has 1 aromatic rings. The maximum Gasteiger partial charge on any atom is 0.0963 e. The van der Waals surface area contributed by atoms with Gasteiger partial charge in [0.15, 0.2) is 0 Å². The zero-order valence-electron chi connectivity index (χ0n) is 16.9. The SMILES string of the molecule is CCCNC1=CC(OC)C=C(CN)C=C1N.Cc1ccc(C(C)C)cc1. The second kappa shape index (κ2) is 11.6. The van der Waals surface area contributed by atoms with Crippen LogP contribution < -0.4 is 16.8 Å². The standard InChI is InChI=1S/C12H21N3O.C10H14/c1-3-4-15-12-7-10(16-2)5-9(8-13)6-11(12)14;1-8(2)10-6-4-9(3)5-7-10/h5-7,10,15H,3-4,8,13-14H2,1-2H3;4-8H,1-3H3. The summed E-state index contributed by atoms with van der Waals surface area (Å²) in [6.45, 7) is 10.0. The van der Waals surface area contributed by atoms with Gasteiger partial charge in [-0.15, -0.1) is 0 Å². The Morgan fingerprint density at radius 3 is 2.31 bits per heavy atom. The summed E-state index contributed by atoms with van der Waals surface area (Å²) in [5, 5.41) is 3.28. The molecule has 0 heterocycles. The molecule has 4 nitrogen and oxygen atoms in total. The van der Waals surface area contributed by atoms with Crippen LogP contribution in [0.1, 0.15) is 44.2 Å². The quantitative estimate of drug-likeness (QED) is 0.725. The van der Waals surface area contributed by atoms with E-state index in [-0.39, 0.29) is 6.10 Å². The van der Waals surface area contributed by atoms with E-state index in [1.807, 2.05) is 18.2 Å². The van der Waals surface area contributed by atoms with Gasteiger partial charge in [0.05, 0.1) is 17.5 Å². The third-order valence-corrected chi connectivity index (χ3v) is 4.18. The Kier molecular flexibility index (Phi) is 9.78. The topological polar surface area (TPSA) is 73.3 Å². The van der Waals surface area contributed by atoms with Gasteiger partial charge < -0.3 is 21.5 Å². The first-order chi connectivity index (χ1) is 12.4. The summed E-state index contributed by atoms with van der Waals surface area (Å²) in [6.07, 6.45) is 6.83. The monoisotopic (exact) mass is 357 g/mol. The molecule has 1 unspecified atom stereocenters. The maximum atomic E-state index is 5.98. The summed E-state index contributed by atoms with van der Waals surface area (Å²) < 4.78 is 5.32. The van der Waals surface area contributed by atoms with Gasteiger partial charge in [0, 0.05) is 20.2 Å². The lowest BCUT2D eigenvalue weighted by Gasteiger charge is -2.11. The minimum Gasteiger partial charge on any atom is -0.397 e. The predicted octanol–water partition coefficient (Wildman–Crippen LogP) is 3.74. The summed E-state index contributed by atoms with van der Waals surface area (Å²) in [7, 11) is 1.67. The molecule has 1 aliphatic carbocycles. The molecule has 144 valence electrons. The van der Waals surface area contributed by atoms with Crippen molar-refractivity contribution < 1.29 is 4.74 Å². The van der Waals surface area contributed by atoms with Gasteiger partial charge in [0.1, 0.15) is 0 Å². The van der Waals surface area contributed by atoms with Crippen molar-refractivity contribution in [1.29, 1.82) is 0 Å². The number of nitrogens with one attached hydrogen (secondary N) is 1. The molecule has 2 rings (SSSR count). The van der Waals surface area contributed by atoms with Crippen molar-refractivity contribution in [2.45, 2.75) is 46.1 Å². The highest BCUT2D eigenvalue weighted by Crippen LogP contribution is 2.15. The van der Waals surface area contributed by atoms with Crippen LogP contribution in [-0.2, 0) is 4.74 Å².